The van der Waals surface area contributed by atoms with Gasteiger partial charge in [0, 0.05) is 47.7 Å². The summed E-state index contributed by atoms with van der Waals surface area (Å²) in [5.74, 6) is 0. The fourth-order valence-corrected chi connectivity index (χ4v) is 4.64. The normalized spacial score (nSPS) is 23.8. The van der Waals surface area contributed by atoms with Crippen LogP contribution in [0.4, 0.5) is 5.69 Å². The van der Waals surface area contributed by atoms with Gasteiger partial charge in [-0.1, -0.05) is 0 Å². The van der Waals surface area contributed by atoms with E-state index in [1.807, 2.05) is 18.6 Å². The van der Waals surface area contributed by atoms with Gasteiger partial charge in [-0.05, 0) is 32.4 Å². The Kier molecular flexibility index (Phi) is 2.81. The third kappa shape index (κ3) is 2.01. The highest BCUT2D eigenvalue weighted by molar-refractivity contribution is 7.15. The summed E-state index contributed by atoms with van der Waals surface area (Å²) in [5.41, 5.74) is 3.75. The molecular formula is C17H19N5S. The van der Waals surface area contributed by atoms with Gasteiger partial charge >= 0.3 is 0 Å². The molecule has 5 nitrogen and oxygen atoms in total. The second-order valence-electron chi connectivity index (χ2n) is 6.66. The van der Waals surface area contributed by atoms with Gasteiger partial charge in [0.15, 0.2) is 0 Å². The van der Waals surface area contributed by atoms with Crippen molar-refractivity contribution in [3.63, 3.8) is 0 Å². The largest absolute Gasteiger partial charge is 0.369 e. The number of aryl methyl sites for hydroxylation is 1. The van der Waals surface area contributed by atoms with Crippen LogP contribution in [0.15, 0.2) is 24.7 Å². The number of hydrogen-bond donors (Lipinski definition) is 2. The first-order valence-electron chi connectivity index (χ1n) is 8.13. The number of nitrogens with one attached hydrogen (secondary N) is 2. The number of aromatic amines is 1. The maximum Gasteiger partial charge on any atom is 0.140 e. The number of hydrogen-bond acceptors (Lipinski definition) is 5. The van der Waals surface area contributed by atoms with Crippen LogP contribution < -0.4 is 10.2 Å². The predicted octanol–water partition coefficient (Wildman–Crippen LogP) is 2.94. The van der Waals surface area contributed by atoms with Crippen molar-refractivity contribution in [2.45, 2.75) is 25.3 Å². The quantitative estimate of drug-likeness (QED) is 0.760. The summed E-state index contributed by atoms with van der Waals surface area (Å²) >= 11 is 1.74. The SMILES string of the molecule is Cc1cnc(-c2c[nH]c3nccc(N4CCC5(CCN5)C4)c23)s1. The van der Waals surface area contributed by atoms with Crippen molar-refractivity contribution in [2.24, 2.45) is 0 Å². The smallest absolute Gasteiger partial charge is 0.140 e. The van der Waals surface area contributed by atoms with E-state index in [1.54, 1.807) is 11.3 Å². The highest BCUT2D eigenvalue weighted by Gasteiger charge is 2.43. The van der Waals surface area contributed by atoms with Crippen molar-refractivity contribution < 1.29 is 0 Å². The van der Waals surface area contributed by atoms with Crippen LogP contribution >= 0.6 is 11.3 Å². The van der Waals surface area contributed by atoms with E-state index in [4.69, 9.17) is 0 Å². The lowest BCUT2D eigenvalue weighted by Crippen LogP contribution is -2.58. The summed E-state index contributed by atoms with van der Waals surface area (Å²) < 4.78 is 0. The van der Waals surface area contributed by atoms with Crippen molar-refractivity contribution in [1.82, 2.24) is 20.3 Å². The molecule has 23 heavy (non-hydrogen) atoms. The summed E-state index contributed by atoms with van der Waals surface area (Å²) in [7, 11) is 0. The molecule has 1 atom stereocenters. The molecule has 0 amide bonds. The molecule has 3 aromatic rings. The third-order valence-corrected chi connectivity index (χ3v) is 6.15. The number of rotatable bonds is 2. The minimum atomic E-state index is 0.351. The molecule has 0 aromatic carbocycles. The topological polar surface area (TPSA) is 56.8 Å². The van der Waals surface area contributed by atoms with Gasteiger partial charge in [-0.25, -0.2) is 9.97 Å². The summed E-state index contributed by atoms with van der Waals surface area (Å²) in [6.07, 6.45) is 8.42. The molecule has 5 rings (SSSR count). The van der Waals surface area contributed by atoms with Gasteiger partial charge in [0.05, 0.1) is 11.1 Å². The number of aromatic nitrogens is 3. The second kappa shape index (κ2) is 4.79. The van der Waals surface area contributed by atoms with Crippen LogP contribution in [0.5, 0.6) is 0 Å². The Bertz CT molecular complexity index is 876. The number of pyridine rings is 1. The lowest BCUT2D eigenvalue weighted by atomic mass is 9.87. The molecule has 2 fully saturated rings. The highest BCUT2D eigenvalue weighted by atomic mass is 32.1. The van der Waals surface area contributed by atoms with Crippen molar-refractivity contribution in [3.8, 4) is 10.6 Å². The van der Waals surface area contributed by atoms with E-state index >= 15 is 0 Å². The number of fused-ring (bicyclic) bond motifs is 1. The van der Waals surface area contributed by atoms with Crippen molar-refractivity contribution in [1.29, 1.82) is 0 Å². The first-order valence-corrected chi connectivity index (χ1v) is 8.95. The standard InChI is InChI=1S/C17H19N5S/c1-11-8-20-16(23-11)12-9-19-15-14(12)13(2-5-18-15)22-7-4-17(10-22)3-6-21-17/h2,5,8-9,21H,3-4,6-7,10H2,1H3,(H,18,19). The molecule has 1 unspecified atom stereocenters. The average Bonchev–Trinajstić information content (AvgIpc) is 3.22. The van der Waals surface area contributed by atoms with Crippen LogP contribution in [0.2, 0.25) is 0 Å². The molecule has 2 aliphatic heterocycles. The molecule has 0 bridgehead atoms. The maximum atomic E-state index is 4.57. The molecule has 5 heterocycles. The van der Waals surface area contributed by atoms with Gasteiger partial charge in [0.25, 0.3) is 0 Å². The van der Waals surface area contributed by atoms with E-state index in [0.717, 1.165) is 30.3 Å². The van der Waals surface area contributed by atoms with Crippen LogP contribution in [-0.4, -0.2) is 40.1 Å². The molecule has 3 aromatic heterocycles. The first-order chi connectivity index (χ1) is 11.2. The molecule has 0 aliphatic carbocycles. The minimum absolute atomic E-state index is 0.351. The van der Waals surface area contributed by atoms with E-state index in [0.29, 0.717) is 5.54 Å². The second-order valence-corrected chi connectivity index (χ2v) is 7.90. The fraction of sp³-hybridized carbons (Fsp3) is 0.412. The van der Waals surface area contributed by atoms with Crippen LogP contribution in [0.1, 0.15) is 17.7 Å². The first kappa shape index (κ1) is 13.5. The lowest BCUT2D eigenvalue weighted by molar-refractivity contribution is 0.235. The number of anilines is 1. The molecule has 0 radical (unpaired) electrons. The fourth-order valence-electron chi connectivity index (χ4n) is 3.86. The zero-order chi connectivity index (χ0) is 15.4. The zero-order valence-electron chi connectivity index (χ0n) is 13.1. The van der Waals surface area contributed by atoms with E-state index in [-0.39, 0.29) is 0 Å². The molecule has 6 heteroatoms. The predicted molar refractivity (Wildman–Crippen MR) is 94.1 cm³/mol. The summed E-state index contributed by atoms with van der Waals surface area (Å²) in [5, 5.41) is 5.91. The van der Waals surface area contributed by atoms with Gasteiger partial charge in [0.1, 0.15) is 10.7 Å². The Balaban J connectivity index is 1.62. The minimum Gasteiger partial charge on any atom is -0.369 e. The monoisotopic (exact) mass is 325 g/mol. The van der Waals surface area contributed by atoms with E-state index in [9.17, 15) is 0 Å². The number of thiazole rings is 1. The molecule has 2 N–H and O–H groups in total. The van der Waals surface area contributed by atoms with Gasteiger partial charge in [-0.3, -0.25) is 0 Å². The van der Waals surface area contributed by atoms with Gasteiger partial charge in [-0.15, -0.1) is 11.3 Å². The third-order valence-electron chi connectivity index (χ3n) is 5.20. The highest BCUT2D eigenvalue weighted by Crippen LogP contribution is 2.40. The summed E-state index contributed by atoms with van der Waals surface area (Å²) in [6.45, 7) is 5.45. The molecule has 118 valence electrons. The summed E-state index contributed by atoms with van der Waals surface area (Å²) in [6, 6.07) is 2.15. The Morgan fingerprint density at radius 3 is 2.91 bits per heavy atom. The van der Waals surface area contributed by atoms with Crippen LogP contribution in [0, 0.1) is 6.92 Å². The zero-order valence-corrected chi connectivity index (χ0v) is 13.9. The van der Waals surface area contributed by atoms with Crippen LogP contribution in [0.3, 0.4) is 0 Å². The maximum absolute atomic E-state index is 4.57. The Morgan fingerprint density at radius 1 is 1.30 bits per heavy atom. The average molecular weight is 325 g/mol. The Labute approximate surface area is 138 Å². The van der Waals surface area contributed by atoms with Crippen molar-refractivity contribution in [2.75, 3.05) is 24.5 Å². The molecule has 2 saturated heterocycles. The van der Waals surface area contributed by atoms with Crippen LogP contribution in [0.25, 0.3) is 21.6 Å². The molecule has 2 aliphatic rings. The Morgan fingerprint density at radius 2 is 2.22 bits per heavy atom. The molecule has 0 saturated carbocycles. The van der Waals surface area contributed by atoms with E-state index in [1.165, 1.54) is 34.4 Å². The van der Waals surface area contributed by atoms with Gasteiger partial charge in [-0.2, -0.15) is 0 Å². The summed E-state index contributed by atoms with van der Waals surface area (Å²) in [4.78, 5) is 16.2. The van der Waals surface area contributed by atoms with Gasteiger partial charge < -0.3 is 15.2 Å². The molecular weight excluding hydrogens is 306 g/mol. The van der Waals surface area contributed by atoms with E-state index in [2.05, 4.69) is 38.2 Å². The van der Waals surface area contributed by atoms with Crippen molar-refractivity contribution in [3.05, 3.63) is 29.5 Å². The lowest BCUT2D eigenvalue weighted by Gasteiger charge is -2.40. The van der Waals surface area contributed by atoms with Crippen molar-refractivity contribution >= 4 is 28.1 Å². The number of nitrogens with zero attached hydrogens (tertiary/aromatic N) is 3. The Hall–Kier alpha value is -1.92. The number of H-pyrrole nitrogens is 1. The van der Waals surface area contributed by atoms with Gasteiger partial charge in [0.2, 0.25) is 0 Å². The van der Waals surface area contributed by atoms with E-state index < -0.39 is 0 Å². The van der Waals surface area contributed by atoms with Crippen LogP contribution in [-0.2, 0) is 0 Å². The molecule has 1 spiro atoms.